The second kappa shape index (κ2) is 7.31. The van der Waals surface area contributed by atoms with E-state index in [0.717, 1.165) is 10.5 Å². The Bertz CT molecular complexity index is 456. The number of Topliss-reactive ketones (excluding diaryl/α,β-unsaturated/α-hetero) is 2. The van der Waals surface area contributed by atoms with E-state index in [9.17, 15) is 14.4 Å². The van der Waals surface area contributed by atoms with Crippen molar-refractivity contribution in [3.05, 3.63) is 35.9 Å². The van der Waals surface area contributed by atoms with Crippen molar-refractivity contribution >= 4 is 17.7 Å². The third kappa shape index (κ3) is 5.81. The minimum atomic E-state index is -0.583. The van der Waals surface area contributed by atoms with Crippen LogP contribution in [-0.4, -0.2) is 36.2 Å². The number of carbonyl (C=O) groups is 3. The van der Waals surface area contributed by atoms with E-state index in [1.54, 1.807) is 0 Å². The molecule has 0 fully saturated rings. The summed E-state index contributed by atoms with van der Waals surface area (Å²) in [6.45, 7) is 1.38. The number of amides is 1. The van der Waals surface area contributed by atoms with Crippen LogP contribution in [0.15, 0.2) is 30.3 Å². The normalized spacial score (nSPS) is 9.79. The Morgan fingerprint density at radius 1 is 1.16 bits per heavy atom. The quantitative estimate of drug-likeness (QED) is 0.734. The van der Waals surface area contributed by atoms with Crippen molar-refractivity contribution in [2.75, 3.05) is 13.6 Å². The maximum atomic E-state index is 11.6. The minimum absolute atomic E-state index is 0.118. The Morgan fingerprint density at radius 2 is 1.79 bits per heavy atom. The van der Waals surface area contributed by atoms with E-state index >= 15 is 0 Å². The fourth-order valence-corrected chi connectivity index (χ4v) is 1.49. The Balaban J connectivity index is 2.36. The van der Waals surface area contributed by atoms with Crippen molar-refractivity contribution in [1.29, 1.82) is 0 Å². The molecule has 0 atom stereocenters. The first-order valence-electron chi connectivity index (χ1n) is 5.92. The van der Waals surface area contributed by atoms with Gasteiger partial charge in [-0.3, -0.25) is 9.59 Å². The molecule has 0 spiro atoms. The van der Waals surface area contributed by atoms with Crippen LogP contribution >= 0.6 is 0 Å². The highest BCUT2D eigenvalue weighted by atomic mass is 16.6. The second-order valence-electron chi connectivity index (χ2n) is 4.31. The van der Waals surface area contributed by atoms with E-state index in [1.807, 2.05) is 30.3 Å². The van der Waals surface area contributed by atoms with Crippen LogP contribution in [-0.2, 0) is 20.9 Å². The van der Waals surface area contributed by atoms with Crippen LogP contribution in [0.4, 0.5) is 4.79 Å². The number of hydrogen-bond donors (Lipinski definition) is 0. The lowest BCUT2D eigenvalue weighted by Crippen LogP contribution is -2.33. The molecule has 1 amide bonds. The molecule has 0 aliphatic heterocycles. The zero-order valence-electron chi connectivity index (χ0n) is 11.1. The molecule has 0 aromatic heterocycles. The number of nitrogens with zero attached hydrogens (tertiary/aromatic N) is 1. The van der Waals surface area contributed by atoms with Gasteiger partial charge in [-0.2, -0.15) is 0 Å². The highest BCUT2D eigenvalue weighted by molar-refractivity contribution is 5.99. The number of hydrogen-bond acceptors (Lipinski definition) is 4. The first-order chi connectivity index (χ1) is 8.99. The number of carbonyl (C=O) groups excluding carboxylic acids is 3. The summed E-state index contributed by atoms with van der Waals surface area (Å²) in [5, 5.41) is 0. The summed E-state index contributed by atoms with van der Waals surface area (Å²) in [6, 6.07) is 9.26. The molecule has 0 unspecified atom stereocenters. The molecular weight excluding hydrogens is 246 g/mol. The van der Waals surface area contributed by atoms with Gasteiger partial charge in [0.05, 0.1) is 13.0 Å². The number of ether oxygens (including phenoxy) is 1. The van der Waals surface area contributed by atoms with Gasteiger partial charge in [-0.05, 0) is 12.5 Å². The van der Waals surface area contributed by atoms with Gasteiger partial charge >= 0.3 is 6.09 Å². The standard InChI is InChI=1S/C14H17NO4/c1-11(16)8-13(17)9-15(2)14(18)19-10-12-6-4-3-5-7-12/h3-7H,8-10H2,1-2H3. The zero-order chi connectivity index (χ0) is 14.3. The van der Waals surface area contributed by atoms with E-state index in [2.05, 4.69) is 0 Å². The summed E-state index contributed by atoms with van der Waals surface area (Å²) < 4.78 is 5.05. The smallest absolute Gasteiger partial charge is 0.410 e. The molecule has 0 heterocycles. The van der Waals surface area contributed by atoms with Crippen LogP contribution in [0.2, 0.25) is 0 Å². The Labute approximate surface area is 112 Å². The molecule has 1 aromatic carbocycles. The first-order valence-corrected chi connectivity index (χ1v) is 5.92. The molecule has 0 radical (unpaired) electrons. The molecule has 0 bridgehead atoms. The topological polar surface area (TPSA) is 63.7 Å². The first kappa shape index (κ1) is 14.9. The van der Waals surface area contributed by atoms with Crippen LogP contribution in [0.25, 0.3) is 0 Å². The Kier molecular flexibility index (Phi) is 5.73. The summed E-state index contributed by atoms with van der Waals surface area (Å²) in [4.78, 5) is 34.9. The summed E-state index contributed by atoms with van der Waals surface area (Å²) in [6.07, 6.45) is -0.739. The van der Waals surface area contributed by atoms with Crippen molar-refractivity contribution < 1.29 is 19.1 Å². The molecule has 0 aliphatic rings. The van der Waals surface area contributed by atoms with E-state index in [0.29, 0.717) is 0 Å². The lowest BCUT2D eigenvalue weighted by Gasteiger charge is -2.15. The van der Waals surface area contributed by atoms with Crippen LogP contribution < -0.4 is 0 Å². The maximum Gasteiger partial charge on any atom is 0.410 e. The average Bonchev–Trinajstić information content (AvgIpc) is 2.36. The maximum absolute atomic E-state index is 11.6. The van der Waals surface area contributed by atoms with Gasteiger partial charge in [-0.1, -0.05) is 30.3 Å². The number of likely N-dealkylation sites (N-methyl/N-ethyl adjacent to an activating group) is 1. The minimum Gasteiger partial charge on any atom is -0.445 e. The van der Waals surface area contributed by atoms with Gasteiger partial charge in [0.2, 0.25) is 0 Å². The third-order valence-electron chi connectivity index (χ3n) is 2.38. The molecule has 0 saturated carbocycles. The summed E-state index contributed by atoms with van der Waals surface area (Å²) >= 11 is 0. The summed E-state index contributed by atoms with van der Waals surface area (Å²) in [5.41, 5.74) is 0.874. The molecule has 0 saturated heterocycles. The Morgan fingerprint density at radius 3 is 2.37 bits per heavy atom. The lowest BCUT2D eigenvalue weighted by molar-refractivity contribution is -0.126. The third-order valence-corrected chi connectivity index (χ3v) is 2.38. The molecule has 0 N–H and O–H groups in total. The zero-order valence-corrected chi connectivity index (χ0v) is 11.1. The predicted molar refractivity (Wildman–Crippen MR) is 69.6 cm³/mol. The van der Waals surface area contributed by atoms with E-state index < -0.39 is 6.09 Å². The van der Waals surface area contributed by atoms with Gasteiger partial charge in [0, 0.05) is 7.05 Å². The van der Waals surface area contributed by atoms with Gasteiger partial charge in [0.25, 0.3) is 0 Å². The van der Waals surface area contributed by atoms with Crippen LogP contribution in [0.1, 0.15) is 18.9 Å². The average molecular weight is 263 g/mol. The van der Waals surface area contributed by atoms with Gasteiger partial charge in [-0.25, -0.2) is 4.79 Å². The molecule has 19 heavy (non-hydrogen) atoms. The molecule has 0 aliphatic carbocycles. The Hall–Kier alpha value is -2.17. The fraction of sp³-hybridized carbons (Fsp3) is 0.357. The predicted octanol–water partition coefficient (Wildman–Crippen LogP) is 1.80. The number of rotatable bonds is 6. The fourth-order valence-electron chi connectivity index (χ4n) is 1.49. The molecule has 1 rings (SSSR count). The number of benzene rings is 1. The van der Waals surface area contributed by atoms with Gasteiger partial charge in [0.1, 0.15) is 12.4 Å². The summed E-state index contributed by atoms with van der Waals surface area (Å²) in [5.74, 6) is -0.511. The highest BCUT2D eigenvalue weighted by Crippen LogP contribution is 2.02. The van der Waals surface area contributed by atoms with Gasteiger partial charge in [0.15, 0.2) is 5.78 Å². The molecule has 1 aromatic rings. The largest absolute Gasteiger partial charge is 0.445 e. The molecule has 102 valence electrons. The van der Waals surface area contributed by atoms with Crippen LogP contribution in [0.5, 0.6) is 0 Å². The van der Waals surface area contributed by atoms with E-state index in [-0.39, 0.29) is 31.1 Å². The van der Waals surface area contributed by atoms with E-state index in [4.69, 9.17) is 4.74 Å². The summed E-state index contributed by atoms with van der Waals surface area (Å²) in [7, 11) is 1.46. The van der Waals surface area contributed by atoms with Crippen molar-refractivity contribution in [2.24, 2.45) is 0 Å². The SMILES string of the molecule is CC(=O)CC(=O)CN(C)C(=O)OCc1ccccc1. The van der Waals surface area contributed by atoms with Crippen molar-refractivity contribution in [2.45, 2.75) is 20.0 Å². The van der Waals surface area contributed by atoms with E-state index in [1.165, 1.54) is 14.0 Å². The van der Waals surface area contributed by atoms with Crippen molar-refractivity contribution in [3.63, 3.8) is 0 Å². The molecular formula is C14H17NO4. The monoisotopic (exact) mass is 263 g/mol. The molecule has 5 heteroatoms. The highest BCUT2D eigenvalue weighted by Gasteiger charge is 2.15. The van der Waals surface area contributed by atoms with Crippen molar-refractivity contribution in [1.82, 2.24) is 4.90 Å². The van der Waals surface area contributed by atoms with Gasteiger partial charge in [-0.15, -0.1) is 0 Å². The van der Waals surface area contributed by atoms with Crippen LogP contribution in [0, 0.1) is 0 Å². The lowest BCUT2D eigenvalue weighted by atomic mass is 10.2. The van der Waals surface area contributed by atoms with Crippen molar-refractivity contribution in [3.8, 4) is 0 Å². The molecule has 5 nitrogen and oxygen atoms in total. The number of ketones is 2. The van der Waals surface area contributed by atoms with Gasteiger partial charge < -0.3 is 9.64 Å². The van der Waals surface area contributed by atoms with Crippen LogP contribution in [0.3, 0.4) is 0 Å². The second-order valence-corrected chi connectivity index (χ2v) is 4.31.